The largest absolute Gasteiger partial charge is 0.396 e. The lowest BCUT2D eigenvalue weighted by Gasteiger charge is -2.10. The molecule has 0 fully saturated rings. The quantitative estimate of drug-likeness (QED) is 0.324. The van der Waals surface area contributed by atoms with Gasteiger partial charge in [0.1, 0.15) is 5.82 Å². The fourth-order valence-corrected chi connectivity index (χ4v) is 3.50. The minimum absolute atomic E-state index is 0.148. The summed E-state index contributed by atoms with van der Waals surface area (Å²) in [5.74, 6) is -1.20. The van der Waals surface area contributed by atoms with Crippen molar-refractivity contribution in [3.8, 4) is 22.4 Å². The third-order valence-corrected chi connectivity index (χ3v) is 5.11. The number of pyridine rings is 2. The molecule has 1 amide bonds. The van der Waals surface area contributed by atoms with Gasteiger partial charge in [-0.15, -0.1) is 0 Å². The SMILES string of the molecule is O=C(NO)c1cc(-c2ccc(-c3ccc(CCCO)cc3)cc2F)nc2ccncc12. The number of aliphatic hydroxyl groups excluding tert-OH is 1. The highest BCUT2D eigenvalue weighted by Crippen LogP contribution is 2.30. The Morgan fingerprint density at radius 2 is 1.81 bits per heavy atom. The van der Waals surface area contributed by atoms with Gasteiger partial charge >= 0.3 is 0 Å². The maximum atomic E-state index is 15.1. The minimum atomic E-state index is -0.722. The maximum absolute atomic E-state index is 15.1. The number of carbonyl (C=O) groups is 1. The number of hydroxylamine groups is 1. The van der Waals surface area contributed by atoms with Crippen LogP contribution < -0.4 is 5.48 Å². The molecule has 2 aromatic heterocycles. The zero-order valence-electron chi connectivity index (χ0n) is 16.5. The van der Waals surface area contributed by atoms with E-state index in [4.69, 9.17) is 10.3 Å². The van der Waals surface area contributed by atoms with Gasteiger partial charge in [-0.3, -0.25) is 15.0 Å². The Balaban J connectivity index is 1.71. The zero-order chi connectivity index (χ0) is 21.8. The van der Waals surface area contributed by atoms with E-state index in [0.717, 1.165) is 17.5 Å². The number of rotatable bonds is 6. The van der Waals surface area contributed by atoms with Crippen LogP contribution in [0, 0.1) is 5.82 Å². The van der Waals surface area contributed by atoms with E-state index in [0.29, 0.717) is 22.9 Å². The van der Waals surface area contributed by atoms with Gasteiger partial charge in [-0.05, 0) is 53.8 Å². The van der Waals surface area contributed by atoms with Crippen LogP contribution >= 0.6 is 0 Å². The van der Waals surface area contributed by atoms with Crippen LogP contribution in [-0.4, -0.2) is 32.8 Å². The highest BCUT2D eigenvalue weighted by Gasteiger charge is 2.16. The van der Waals surface area contributed by atoms with Crippen molar-refractivity contribution in [3.63, 3.8) is 0 Å². The van der Waals surface area contributed by atoms with Crippen molar-refractivity contribution in [1.82, 2.24) is 15.4 Å². The number of nitrogens with zero attached hydrogens (tertiary/aromatic N) is 2. The summed E-state index contributed by atoms with van der Waals surface area (Å²) < 4.78 is 15.1. The normalized spacial score (nSPS) is 10.9. The molecule has 156 valence electrons. The zero-order valence-corrected chi connectivity index (χ0v) is 16.5. The fourth-order valence-electron chi connectivity index (χ4n) is 3.50. The second-order valence-electron chi connectivity index (χ2n) is 7.11. The molecule has 3 N–H and O–H groups in total. The summed E-state index contributed by atoms with van der Waals surface area (Å²) in [5, 5.41) is 18.5. The topological polar surface area (TPSA) is 95.3 Å². The lowest BCUT2D eigenvalue weighted by Crippen LogP contribution is -2.19. The molecular weight excluding hydrogens is 397 g/mol. The van der Waals surface area contributed by atoms with E-state index in [9.17, 15) is 4.79 Å². The summed E-state index contributed by atoms with van der Waals surface area (Å²) in [5.41, 5.74) is 5.45. The molecule has 0 aliphatic heterocycles. The van der Waals surface area contributed by atoms with Gasteiger partial charge in [0.25, 0.3) is 5.91 Å². The molecule has 0 atom stereocenters. The molecule has 0 radical (unpaired) electrons. The van der Waals surface area contributed by atoms with Crippen molar-refractivity contribution in [3.05, 3.63) is 83.9 Å². The number of fused-ring (bicyclic) bond motifs is 1. The van der Waals surface area contributed by atoms with Crippen molar-refractivity contribution >= 4 is 16.8 Å². The number of nitrogens with one attached hydrogen (secondary N) is 1. The first kappa shape index (κ1) is 20.6. The monoisotopic (exact) mass is 417 g/mol. The highest BCUT2D eigenvalue weighted by molar-refractivity contribution is 6.06. The Hall–Kier alpha value is -3.68. The van der Waals surface area contributed by atoms with Gasteiger partial charge in [-0.25, -0.2) is 14.9 Å². The van der Waals surface area contributed by atoms with Crippen LogP contribution in [0.4, 0.5) is 4.39 Å². The third kappa shape index (κ3) is 4.28. The highest BCUT2D eigenvalue weighted by atomic mass is 19.1. The van der Waals surface area contributed by atoms with Crippen molar-refractivity contribution in [2.24, 2.45) is 0 Å². The van der Waals surface area contributed by atoms with E-state index < -0.39 is 11.7 Å². The standard InChI is InChI=1S/C24H20FN3O3/c25-21-12-17(16-5-3-15(4-6-16)2-1-11-29)7-8-18(21)23-13-19(24(30)28-31)20-14-26-10-9-22(20)27-23/h3-10,12-14,29,31H,1-2,11H2,(H,28,30). The van der Waals surface area contributed by atoms with Crippen molar-refractivity contribution in [2.45, 2.75) is 12.8 Å². The number of aromatic nitrogens is 2. The van der Waals surface area contributed by atoms with E-state index in [2.05, 4.69) is 9.97 Å². The smallest absolute Gasteiger partial charge is 0.275 e. The molecule has 0 spiro atoms. The van der Waals surface area contributed by atoms with Crippen LogP contribution in [0.3, 0.4) is 0 Å². The van der Waals surface area contributed by atoms with Crippen LogP contribution in [0.2, 0.25) is 0 Å². The third-order valence-electron chi connectivity index (χ3n) is 5.11. The first-order valence-electron chi connectivity index (χ1n) is 9.80. The summed E-state index contributed by atoms with van der Waals surface area (Å²) in [6.07, 6.45) is 4.49. The van der Waals surface area contributed by atoms with Crippen LogP contribution in [0.15, 0.2) is 67.0 Å². The van der Waals surface area contributed by atoms with Gasteiger partial charge in [0.05, 0.1) is 16.8 Å². The number of carbonyl (C=O) groups excluding carboxylic acids is 1. The molecule has 4 aromatic rings. The first-order chi connectivity index (χ1) is 15.1. The molecule has 6 nitrogen and oxygen atoms in total. The number of benzene rings is 2. The first-order valence-corrected chi connectivity index (χ1v) is 9.80. The molecule has 4 rings (SSSR count). The number of aryl methyl sites for hydroxylation is 1. The Morgan fingerprint density at radius 1 is 1.03 bits per heavy atom. The summed E-state index contributed by atoms with van der Waals surface area (Å²) >= 11 is 0. The van der Waals surface area contributed by atoms with Crippen molar-refractivity contribution in [2.75, 3.05) is 6.61 Å². The average molecular weight is 417 g/mol. The average Bonchev–Trinajstić information content (AvgIpc) is 2.81. The van der Waals surface area contributed by atoms with Crippen LogP contribution in [0.5, 0.6) is 0 Å². The van der Waals surface area contributed by atoms with Gasteiger partial charge in [-0.2, -0.15) is 0 Å². The fraction of sp³-hybridized carbons (Fsp3) is 0.125. The lowest BCUT2D eigenvalue weighted by molar-refractivity contribution is 0.0708. The van der Waals surface area contributed by atoms with Gasteiger partial charge in [-0.1, -0.05) is 30.3 Å². The Labute approximate surface area is 178 Å². The molecular formula is C24H20FN3O3. The molecule has 0 saturated carbocycles. The van der Waals surface area contributed by atoms with Gasteiger partial charge in [0, 0.05) is 30.0 Å². The van der Waals surface area contributed by atoms with Crippen LogP contribution in [0.25, 0.3) is 33.3 Å². The van der Waals surface area contributed by atoms with E-state index >= 15 is 4.39 Å². The number of aliphatic hydroxyl groups is 1. The predicted molar refractivity (Wildman–Crippen MR) is 115 cm³/mol. The molecule has 7 heteroatoms. The Morgan fingerprint density at radius 3 is 2.52 bits per heavy atom. The molecule has 2 heterocycles. The number of hydrogen-bond donors (Lipinski definition) is 3. The van der Waals surface area contributed by atoms with Crippen molar-refractivity contribution < 1.29 is 19.5 Å². The molecule has 0 aliphatic carbocycles. The van der Waals surface area contributed by atoms with Gasteiger partial charge in [0.2, 0.25) is 0 Å². The summed E-state index contributed by atoms with van der Waals surface area (Å²) in [7, 11) is 0. The second-order valence-corrected chi connectivity index (χ2v) is 7.11. The minimum Gasteiger partial charge on any atom is -0.396 e. The van der Waals surface area contributed by atoms with Crippen LogP contribution in [0.1, 0.15) is 22.3 Å². The molecule has 0 unspecified atom stereocenters. The number of halogens is 1. The second kappa shape index (κ2) is 8.99. The molecule has 2 aromatic carbocycles. The predicted octanol–water partition coefficient (Wildman–Crippen LogP) is 4.15. The van der Waals surface area contributed by atoms with E-state index in [1.165, 1.54) is 24.5 Å². The van der Waals surface area contributed by atoms with E-state index in [-0.39, 0.29) is 23.4 Å². The van der Waals surface area contributed by atoms with Gasteiger partial charge < -0.3 is 5.11 Å². The van der Waals surface area contributed by atoms with Crippen molar-refractivity contribution in [1.29, 1.82) is 0 Å². The maximum Gasteiger partial charge on any atom is 0.275 e. The van der Waals surface area contributed by atoms with E-state index in [1.807, 2.05) is 24.3 Å². The molecule has 0 saturated heterocycles. The summed E-state index contributed by atoms with van der Waals surface area (Å²) in [6, 6.07) is 15.7. The number of amides is 1. The Kier molecular flexibility index (Phi) is 5.97. The molecule has 0 aliphatic rings. The lowest BCUT2D eigenvalue weighted by atomic mass is 9.99. The summed E-state index contributed by atoms with van der Waals surface area (Å²) in [6.45, 7) is 0.148. The number of hydrogen-bond acceptors (Lipinski definition) is 5. The van der Waals surface area contributed by atoms with E-state index in [1.54, 1.807) is 23.7 Å². The molecule has 31 heavy (non-hydrogen) atoms. The molecule has 0 bridgehead atoms. The van der Waals surface area contributed by atoms with Crippen LogP contribution in [-0.2, 0) is 6.42 Å². The van der Waals surface area contributed by atoms with Gasteiger partial charge in [0.15, 0.2) is 0 Å². The summed E-state index contributed by atoms with van der Waals surface area (Å²) in [4.78, 5) is 20.6. The Bertz CT molecular complexity index is 1240.